The SMILES string of the molecule is O=C(C=Cc1ccco1)Nc1ccnn1C1CCCCC1. The highest BCUT2D eigenvalue weighted by Crippen LogP contribution is 2.29. The zero-order valence-corrected chi connectivity index (χ0v) is 11.9. The average Bonchev–Trinajstić information content (AvgIpc) is 3.17. The van der Waals surface area contributed by atoms with E-state index in [1.165, 1.54) is 25.3 Å². The molecule has 2 aromatic rings. The third kappa shape index (κ3) is 3.42. The van der Waals surface area contributed by atoms with Crippen molar-refractivity contribution in [2.75, 3.05) is 5.32 Å². The van der Waals surface area contributed by atoms with E-state index in [4.69, 9.17) is 4.42 Å². The maximum atomic E-state index is 12.0. The lowest BCUT2D eigenvalue weighted by molar-refractivity contribution is -0.111. The molecule has 3 rings (SSSR count). The van der Waals surface area contributed by atoms with Crippen LogP contribution in [0.15, 0.2) is 41.2 Å². The van der Waals surface area contributed by atoms with Crippen LogP contribution >= 0.6 is 0 Å². The molecule has 1 amide bonds. The van der Waals surface area contributed by atoms with Gasteiger partial charge in [0.25, 0.3) is 0 Å². The molecule has 0 aromatic carbocycles. The zero-order valence-electron chi connectivity index (χ0n) is 11.9. The summed E-state index contributed by atoms with van der Waals surface area (Å²) in [6.45, 7) is 0. The Balaban J connectivity index is 1.65. The van der Waals surface area contributed by atoms with Gasteiger partial charge in [-0.3, -0.25) is 4.79 Å². The van der Waals surface area contributed by atoms with Crippen LogP contribution in [0.2, 0.25) is 0 Å². The fourth-order valence-corrected chi connectivity index (χ4v) is 2.74. The van der Waals surface area contributed by atoms with Crippen LogP contribution in [0, 0.1) is 0 Å². The summed E-state index contributed by atoms with van der Waals surface area (Å²) in [6, 6.07) is 5.83. The van der Waals surface area contributed by atoms with E-state index in [9.17, 15) is 4.79 Å². The van der Waals surface area contributed by atoms with Gasteiger partial charge in [0.05, 0.1) is 18.5 Å². The first-order valence-electron chi connectivity index (χ1n) is 7.39. The number of rotatable bonds is 4. The topological polar surface area (TPSA) is 60.1 Å². The molecular weight excluding hydrogens is 266 g/mol. The highest BCUT2D eigenvalue weighted by atomic mass is 16.3. The first kappa shape index (κ1) is 13.7. The van der Waals surface area contributed by atoms with Crippen LogP contribution in [0.3, 0.4) is 0 Å². The van der Waals surface area contributed by atoms with Crippen LogP contribution in [0.25, 0.3) is 6.08 Å². The molecule has 5 heteroatoms. The fourth-order valence-electron chi connectivity index (χ4n) is 2.74. The second-order valence-electron chi connectivity index (χ2n) is 5.29. The number of furan rings is 1. The first-order chi connectivity index (χ1) is 10.3. The van der Waals surface area contributed by atoms with E-state index in [0.717, 1.165) is 18.7 Å². The second-order valence-corrected chi connectivity index (χ2v) is 5.29. The van der Waals surface area contributed by atoms with Gasteiger partial charge in [0.15, 0.2) is 0 Å². The van der Waals surface area contributed by atoms with E-state index in [2.05, 4.69) is 10.4 Å². The third-order valence-corrected chi connectivity index (χ3v) is 3.78. The lowest BCUT2D eigenvalue weighted by atomic mass is 9.96. The average molecular weight is 285 g/mol. The van der Waals surface area contributed by atoms with E-state index in [0.29, 0.717) is 11.8 Å². The number of hydrogen-bond acceptors (Lipinski definition) is 3. The van der Waals surface area contributed by atoms with Gasteiger partial charge in [0.1, 0.15) is 11.6 Å². The highest BCUT2D eigenvalue weighted by molar-refractivity contribution is 6.01. The van der Waals surface area contributed by atoms with Gasteiger partial charge < -0.3 is 9.73 Å². The monoisotopic (exact) mass is 285 g/mol. The standard InChI is InChI=1S/C16H19N3O2/c20-16(9-8-14-7-4-12-21-14)18-15-10-11-17-19(15)13-5-2-1-3-6-13/h4,7-13H,1-3,5-6H2,(H,18,20). The van der Waals surface area contributed by atoms with Crippen LogP contribution in [0.1, 0.15) is 43.9 Å². The lowest BCUT2D eigenvalue weighted by Gasteiger charge is -2.23. The Bertz CT molecular complexity index is 607. The fraction of sp³-hybridized carbons (Fsp3) is 0.375. The number of anilines is 1. The largest absolute Gasteiger partial charge is 0.465 e. The molecule has 0 bridgehead atoms. The number of carbonyl (C=O) groups is 1. The van der Waals surface area contributed by atoms with Gasteiger partial charge in [-0.05, 0) is 31.1 Å². The Morgan fingerprint density at radius 1 is 1.33 bits per heavy atom. The van der Waals surface area contributed by atoms with Gasteiger partial charge in [-0.15, -0.1) is 0 Å². The summed E-state index contributed by atoms with van der Waals surface area (Å²) >= 11 is 0. The minimum absolute atomic E-state index is 0.177. The van der Waals surface area contributed by atoms with Crippen LogP contribution in [0.5, 0.6) is 0 Å². The molecule has 110 valence electrons. The van der Waals surface area contributed by atoms with E-state index >= 15 is 0 Å². The second kappa shape index (κ2) is 6.43. The molecule has 1 saturated carbocycles. The van der Waals surface area contributed by atoms with Crippen molar-refractivity contribution in [1.29, 1.82) is 0 Å². The summed E-state index contributed by atoms with van der Waals surface area (Å²) in [4.78, 5) is 12.0. The van der Waals surface area contributed by atoms with E-state index in [-0.39, 0.29) is 5.91 Å². The van der Waals surface area contributed by atoms with E-state index in [1.807, 2.05) is 10.7 Å². The lowest BCUT2D eigenvalue weighted by Crippen LogP contribution is -2.19. The Kier molecular flexibility index (Phi) is 4.19. The number of hydrogen-bond donors (Lipinski definition) is 1. The number of carbonyl (C=O) groups excluding carboxylic acids is 1. The molecule has 21 heavy (non-hydrogen) atoms. The smallest absolute Gasteiger partial charge is 0.249 e. The number of aromatic nitrogens is 2. The maximum Gasteiger partial charge on any atom is 0.249 e. The molecule has 1 aliphatic carbocycles. The van der Waals surface area contributed by atoms with Crippen molar-refractivity contribution in [3.8, 4) is 0 Å². The molecule has 0 saturated heterocycles. The summed E-state index contributed by atoms with van der Waals surface area (Å²) in [6.07, 6.45) is 12.5. The van der Waals surface area contributed by atoms with Crippen molar-refractivity contribution in [2.45, 2.75) is 38.1 Å². The van der Waals surface area contributed by atoms with Crippen molar-refractivity contribution in [3.05, 3.63) is 42.5 Å². The molecule has 0 unspecified atom stereocenters. The van der Waals surface area contributed by atoms with Crippen molar-refractivity contribution in [2.24, 2.45) is 0 Å². The molecule has 0 aliphatic heterocycles. The molecule has 2 heterocycles. The predicted octanol–water partition coefficient (Wildman–Crippen LogP) is 3.63. The molecule has 1 fully saturated rings. The maximum absolute atomic E-state index is 12.0. The van der Waals surface area contributed by atoms with Gasteiger partial charge in [-0.1, -0.05) is 19.3 Å². The van der Waals surface area contributed by atoms with Crippen molar-refractivity contribution in [1.82, 2.24) is 9.78 Å². The molecular formula is C16H19N3O2. The minimum Gasteiger partial charge on any atom is -0.465 e. The molecule has 0 atom stereocenters. The van der Waals surface area contributed by atoms with Crippen molar-refractivity contribution < 1.29 is 9.21 Å². The quantitative estimate of drug-likeness (QED) is 0.872. The minimum atomic E-state index is -0.177. The van der Waals surface area contributed by atoms with Gasteiger partial charge in [0.2, 0.25) is 5.91 Å². The third-order valence-electron chi connectivity index (χ3n) is 3.78. The van der Waals surface area contributed by atoms with Crippen molar-refractivity contribution in [3.63, 3.8) is 0 Å². The van der Waals surface area contributed by atoms with Crippen LogP contribution in [-0.2, 0) is 4.79 Å². The summed E-state index contributed by atoms with van der Waals surface area (Å²) in [5.74, 6) is 1.24. The first-order valence-corrected chi connectivity index (χ1v) is 7.39. The van der Waals surface area contributed by atoms with E-state index < -0.39 is 0 Å². The molecule has 1 aliphatic rings. The summed E-state index contributed by atoms with van der Waals surface area (Å²) in [7, 11) is 0. The number of nitrogens with one attached hydrogen (secondary N) is 1. The Labute approximate surface area is 123 Å². The Hall–Kier alpha value is -2.30. The summed E-state index contributed by atoms with van der Waals surface area (Å²) in [5.41, 5.74) is 0. The van der Waals surface area contributed by atoms with E-state index in [1.54, 1.807) is 30.7 Å². The van der Waals surface area contributed by atoms with Gasteiger partial charge in [0, 0.05) is 12.1 Å². The van der Waals surface area contributed by atoms with Crippen LogP contribution < -0.4 is 5.32 Å². The number of amides is 1. The Morgan fingerprint density at radius 2 is 2.19 bits per heavy atom. The molecule has 2 aromatic heterocycles. The molecule has 5 nitrogen and oxygen atoms in total. The van der Waals surface area contributed by atoms with Gasteiger partial charge >= 0.3 is 0 Å². The van der Waals surface area contributed by atoms with Crippen LogP contribution in [-0.4, -0.2) is 15.7 Å². The molecule has 1 N–H and O–H groups in total. The normalized spacial score (nSPS) is 16.4. The predicted molar refractivity (Wildman–Crippen MR) is 80.7 cm³/mol. The molecule has 0 spiro atoms. The van der Waals surface area contributed by atoms with Crippen molar-refractivity contribution >= 4 is 17.8 Å². The Morgan fingerprint density at radius 3 is 2.95 bits per heavy atom. The van der Waals surface area contributed by atoms with Crippen LogP contribution in [0.4, 0.5) is 5.82 Å². The molecule has 0 radical (unpaired) electrons. The summed E-state index contributed by atoms with van der Waals surface area (Å²) in [5, 5.41) is 7.25. The van der Waals surface area contributed by atoms with Gasteiger partial charge in [-0.2, -0.15) is 5.10 Å². The summed E-state index contributed by atoms with van der Waals surface area (Å²) < 4.78 is 7.10. The van der Waals surface area contributed by atoms with Gasteiger partial charge in [-0.25, -0.2) is 4.68 Å². The number of nitrogens with zero attached hydrogens (tertiary/aromatic N) is 2. The zero-order chi connectivity index (χ0) is 14.5. The highest BCUT2D eigenvalue weighted by Gasteiger charge is 2.18.